The molecule has 2 rings (SSSR count). The number of hydrogen-bond acceptors (Lipinski definition) is 1. The van der Waals surface area contributed by atoms with Crippen molar-refractivity contribution in [2.45, 2.75) is 39.5 Å². The lowest BCUT2D eigenvalue weighted by molar-refractivity contribution is -0.124. The first-order valence-corrected chi connectivity index (χ1v) is 5.20. The molecular weight excluding hydrogens is 148 g/mol. The van der Waals surface area contributed by atoms with E-state index in [1.165, 1.54) is 12.8 Å². The van der Waals surface area contributed by atoms with Crippen LogP contribution in [0.2, 0.25) is 0 Å². The zero-order valence-electron chi connectivity index (χ0n) is 8.05. The van der Waals surface area contributed by atoms with E-state index in [4.69, 9.17) is 0 Å². The van der Waals surface area contributed by atoms with Crippen LogP contribution in [0.1, 0.15) is 39.5 Å². The van der Waals surface area contributed by atoms with Crippen LogP contribution in [0.3, 0.4) is 0 Å². The van der Waals surface area contributed by atoms with Gasteiger partial charge < -0.3 is 0 Å². The summed E-state index contributed by atoms with van der Waals surface area (Å²) < 4.78 is 0. The Morgan fingerprint density at radius 2 is 1.58 bits per heavy atom. The highest BCUT2D eigenvalue weighted by Gasteiger charge is 2.41. The van der Waals surface area contributed by atoms with Crippen LogP contribution in [0.4, 0.5) is 0 Å². The van der Waals surface area contributed by atoms with Gasteiger partial charge in [0.25, 0.3) is 0 Å². The van der Waals surface area contributed by atoms with Gasteiger partial charge in [-0.1, -0.05) is 13.8 Å². The Labute approximate surface area is 74.5 Å². The van der Waals surface area contributed by atoms with Crippen LogP contribution in [0, 0.1) is 23.7 Å². The summed E-state index contributed by atoms with van der Waals surface area (Å²) in [6, 6.07) is 0. The minimum atomic E-state index is 0.493. The van der Waals surface area contributed by atoms with Crippen molar-refractivity contribution in [1.29, 1.82) is 0 Å². The van der Waals surface area contributed by atoms with Gasteiger partial charge in [-0.25, -0.2) is 0 Å². The molecule has 68 valence electrons. The maximum atomic E-state index is 11.3. The molecule has 2 aliphatic rings. The standard InChI is InChI=1S/C11H18O/c1-7-5-10(12)6-8(2)11(7)9-3-4-9/h7-9,11H,3-6H2,1-2H3/t7-,8+,11?. The molecule has 1 heteroatoms. The van der Waals surface area contributed by atoms with Gasteiger partial charge in [0.2, 0.25) is 0 Å². The molecule has 0 spiro atoms. The molecule has 2 fully saturated rings. The second-order valence-electron chi connectivity index (χ2n) is 4.82. The third kappa shape index (κ3) is 1.41. The summed E-state index contributed by atoms with van der Waals surface area (Å²) >= 11 is 0. The second kappa shape index (κ2) is 2.86. The molecule has 0 aromatic rings. The summed E-state index contributed by atoms with van der Waals surface area (Å²) in [5.74, 6) is 3.65. The molecule has 0 amide bonds. The van der Waals surface area contributed by atoms with Crippen molar-refractivity contribution in [3.63, 3.8) is 0 Å². The van der Waals surface area contributed by atoms with Crippen LogP contribution in [-0.4, -0.2) is 5.78 Å². The molecule has 2 aliphatic carbocycles. The second-order valence-corrected chi connectivity index (χ2v) is 4.82. The van der Waals surface area contributed by atoms with Gasteiger partial charge in [0.1, 0.15) is 5.78 Å². The van der Waals surface area contributed by atoms with Crippen LogP contribution in [0.5, 0.6) is 0 Å². The predicted molar refractivity (Wildman–Crippen MR) is 48.8 cm³/mol. The van der Waals surface area contributed by atoms with E-state index in [1.54, 1.807) is 0 Å². The van der Waals surface area contributed by atoms with Gasteiger partial charge in [-0.05, 0) is 36.5 Å². The monoisotopic (exact) mass is 166 g/mol. The molecule has 0 heterocycles. The zero-order valence-corrected chi connectivity index (χ0v) is 8.05. The average Bonchev–Trinajstić information content (AvgIpc) is 2.68. The number of hydrogen-bond donors (Lipinski definition) is 0. The lowest BCUT2D eigenvalue weighted by atomic mass is 9.71. The largest absolute Gasteiger partial charge is 0.300 e. The molecule has 0 aromatic heterocycles. The summed E-state index contributed by atoms with van der Waals surface area (Å²) in [5.41, 5.74) is 0. The van der Waals surface area contributed by atoms with E-state index in [-0.39, 0.29) is 0 Å². The van der Waals surface area contributed by atoms with E-state index in [9.17, 15) is 4.79 Å². The normalized spacial score (nSPS) is 43.2. The van der Waals surface area contributed by atoms with Gasteiger partial charge in [-0.2, -0.15) is 0 Å². The summed E-state index contributed by atoms with van der Waals surface area (Å²) in [6.45, 7) is 4.52. The maximum absolute atomic E-state index is 11.3. The highest BCUT2D eigenvalue weighted by Crippen LogP contribution is 2.48. The number of carbonyl (C=O) groups is 1. The summed E-state index contributed by atoms with van der Waals surface area (Å²) in [5, 5.41) is 0. The Morgan fingerprint density at radius 3 is 2.00 bits per heavy atom. The van der Waals surface area contributed by atoms with Crippen LogP contribution < -0.4 is 0 Å². The van der Waals surface area contributed by atoms with Gasteiger partial charge in [0, 0.05) is 12.8 Å². The van der Waals surface area contributed by atoms with Crippen LogP contribution in [-0.2, 0) is 4.79 Å². The van der Waals surface area contributed by atoms with E-state index < -0.39 is 0 Å². The van der Waals surface area contributed by atoms with Crippen LogP contribution in [0.25, 0.3) is 0 Å². The molecule has 0 N–H and O–H groups in total. The first kappa shape index (κ1) is 8.28. The molecule has 3 atom stereocenters. The molecule has 0 aromatic carbocycles. The van der Waals surface area contributed by atoms with Crippen molar-refractivity contribution in [2.24, 2.45) is 23.7 Å². The number of rotatable bonds is 1. The van der Waals surface area contributed by atoms with Gasteiger partial charge in [0.05, 0.1) is 0 Å². The van der Waals surface area contributed by atoms with Gasteiger partial charge in [0.15, 0.2) is 0 Å². The van der Waals surface area contributed by atoms with E-state index in [1.807, 2.05) is 0 Å². The highest BCUT2D eigenvalue weighted by molar-refractivity contribution is 5.79. The summed E-state index contributed by atoms with van der Waals surface area (Å²) in [7, 11) is 0. The van der Waals surface area contributed by atoms with Crippen molar-refractivity contribution >= 4 is 5.78 Å². The SMILES string of the molecule is C[C@@H]1CC(=O)C[C@H](C)C1C1CC1. The lowest BCUT2D eigenvalue weighted by Gasteiger charge is -2.33. The summed E-state index contributed by atoms with van der Waals surface area (Å²) in [6.07, 6.45) is 4.55. The van der Waals surface area contributed by atoms with E-state index >= 15 is 0 Å². The predicted octanol–water partition coefficient (Wildman–Crippen LogP) is 2.65. The lowest BCUT2D eigenvalue weighted by Crippen LogP contribution is -2.31. The average molecular weight is 166 g/mol. The zero-order chi connectivity index (χ0) is 8.72. The molecule has 12 heavy (non-hydrogen) atoms. The Bertz CT molecular complexity index is 179. The molecule has 2 saturated carbocycles. The quantitative estimate of drug-likeness (QED) is 0.585. The van der Waals surface area contributed by atoms with E-state index in [0.717, 1.165) is 24.7 Å². The Morgan fingerprint density at radius 1 is 1.08 bits per heavy atom. The van der Waals surface area contributed by atoms with Gasteiger partial charge in [-0.15, -0.1) is 0 Å². The fourth-order valence-corrected chi connectivity index (χ4v) is 3.04. The number of carbonyl (C=O) groups excluding carboxylic acids is 1. The van der Waals surface area contributed by atoms with Gasteiger partial charge >= 0.3 is 0 Å². The van der Waals surface area contributed by atoms with Crippen molar-refractivity contribution in [1.82, 2.24) is 0 Å². The Kier molecular flexibility index (Phi) is 1.97. The van der Waals surface area contributed by atoms with Gasteiger partial charge in [-0.3, -0.25) is 4.79 Å². The van der Waals surface area contributed by atoms with Crippen LogP contribution >= 0.6 is 0 Å². The topological polar surface area (TPSA) is 17.1 Å². The van der Waals surface area contributed by atoms with E-state index in [0.29, 0.717) is 17.6 Å². The minimum Gasteiger partial charge on any atom is -0.300 e. The fourth-order valence-electron chi connectivity index (χ4n) is 3.04. The van der Waals surface area contributed by atoms with Crippen LogP contribution in [0.15, 0.2) is 0 Å². The maximum Gasteiger partial charge on any atom is 0.133 e. The Balaban J connectivity index is 2.05. The molecule has 1 nitrogen and oxygen atoms in total. The molecule has 0 aliphatic heterocycles. The Hall–Kier alpha value is -0.330. The molecule has 0 radical (unpaired) electrons. The smallest absolute Gasteiger partial charge is 0.133 e. The van der Waals surface area contributed by atoms with Crippen molar-refractivity contribution in [3.8, 4) is 0 Å². The number of Topliss-reactive ketones (excluding diaryl/α,β-unsaturated/α-hetero) is 1. The first-order valence-electron chi connectivity index (χ1n) is 5.20. The third-order valence-corrected chi connectivity index (χ3v) is 3.58. The summed E-state index contributed by atoms with van der Waals surface area (Å²) in [4.78, 5) is 11.3. The molecule has 0 saturated heterocycles. The first-order chi connectivity index (χ1) is 5.68. The molecular formula is C11H18O. The molecule has 0 bridgehead atoms. The highest BCUT2D eigenvalue weighted by atomic mass is 16.1. The minimum absolute atomic E-state index is 0.493. The third-order valence-electron chi connectivity index (χ3n) is 3.58. The van der Waals surface area contributed by atoms with Crippen molar-refractivity contribution in [3.05, 3.63) is 0 Å². The molecule has 1 unspecified atom stereocenters. The van der Waals surface area contributed by atoms with Crippen molar-refractivity contribution < 1.29 is 4.79 Å². The number of ketones is 1. The van der Waals surface area contributed by atoms with E-state index in [2.05, 4.69) is 13.8 Å². The fraction of sp³-hybridized carbons (Fsp3) is 0.909. The van der Waals surface area contributed by atoms with Crippen molar-refractivity contribution in [2.75, 3.05) is 0 Å².